The molecular formula is C14H19Cl2NO. The van der Waals surface area contributed by atoms with Crippen molar-refractivity contribution in [2.75, 3.05) is 5.32 Å². The van der Waals surface area contributed by atoms with Crippen molar-refractivity contribution >= 4 is 34.8 Å². The molecule has 2 nitrogen and oxygen atoms in total. The van der Waals surface area contributed by atoms with Gasteiger partial charge in [0.2, 0.25) is 5.91 Å². The molecule has 0 saturated heterocycles. The first-order valence-corrected chi connectivity index (χ1v) is 7.10. The smallest absolute Gasteiger partial charge is 0.227 e. The second-order valence-electron chi connectivity index (χ2n) is 4.37. The lowest BCUT2D eigenvalue weighted by molar-refractivity contribution is -0.120. The number of rotatable bonds is 6. The van der Waals surface area contributed by atoms with Crippen LogP contribution in [0.5, 0.6) is 0 Å². The lowest BCUT2D eigenvalue weighted by Gasteiger charge is -2.14. The van der Waals surface area contributed by atoms with Gasteiger partial charge in [0, 0.05) is 11.6 Å². The van der Waals surface area contributed by atoms with Crippen molar-refractivity contribution in [3.05, 3.63) is 28.2 Å². The highest BCUT2D eigenvalue weighted by Gasteiger charge is 2.16. The first kappa shape index (κ1) is 15.3. The van der Waals surface area contributed by atoms with Crippen molar-refractivity contribution in [1.29, 1.82) is 0 Å². The molecule has 0 bridgehead atoms. The van der Waals surface area contributed by atoms with Crippen molar-refractivity contribution in [2.24, 2.45) is 5.92 Å². The van der Waals surface area contributed by atoms with E-state index in [0.29, 0.717) is 15.7 Å². The molecular weight excluding hydrogens is 269 g/mol. The molecule has 100 valence electrons. The van der Waals surface area contributed by atoms with Gasteiger partial charge in [-0.05, 0) is 31.0 Å². The zero-order valence-electron chi connectivity index (χ0n) is 10.8. The Hall–Kier alpha value is -0.730. The highest BCUT2D eigenvalue weighted by Crippen LogP contribution is 2.25. The predicted octanol–water partition coefficient (Wildman–Crippen LogP) is 5.15. The molecule has 18 heavy (non-hydrogen) atoms. The molecule has 0 spiro atoms. The van der Waals surface area contributed by atoms with Crippen LogP contribution >= 0.6 is 23.2 Å². The minimum atomic E-state index is 0.0596. The Morgan fingerprint density at radius 3 is 2.56 bits per heavy atom. The van der Waals surface area contributed by atoms with Gasteiger partial charge in [-0.1, -0.05) is 49.9 Å². The van der Waals surface area contributed by atoms with E-state index in [-0.39, 0.29) is 11.8 Å². The molecule has 0 aliphatic heterocycles. The van der Waals surface area contributed by atoms with E-state index in [1.54, 1.807) is 18.2 Å². The van der Waals surface area contributed by atoms with Gasteiger partial charge in [0.25, 0.3) is 0 Å². The summed E-state index contributed by atoms with van der Waals surface area (Å²) in [6.45, 7) is 4.17. The maximum Gasteiger partial charge on any atom is 0.227 e. The molecule has 4 heteroatoms. The van der Waals surface area contributed by atoms with Gasteiger partial charge in [0.05, 0.1) is 10.0 Å². The zero-order valence-corrected chi connectivity index (χ0v) is 12.3. The van der Waals surface area contributed by atoms with Gasteiger partial charge in [-0.15, -0.1) is 0 Å². The van der Waals surface area contributed by atoms with Crippen molar-refractivity contribution in [3.63, 3.8) is 0 Å². The molecule has 0 unspecified atom stereocenters. The summed E-state index contributed by atoms with van der Waals surface area (Å²) >= 11 is 11.7. The number of carbonyl (C=O) groups is 1. The normalized spacial score (nSPS) is 12.2. The summed E-state index contributed by atoms with van der Waals surface area (Å²) in [5.74, 6) is 0.128. The van der Waals surface area contributed by atoms with Crippen LogP contribution < -0.4 is 5.32 Å². The van der Waals surface area contributed by atoms with E-state index < -0.39 is 0 Å². The number of carbonyl (C=O) groups excluding carboxylic acids is 1. The van der Waals surface area contributed by atoms with Gasteiger partial charge in [0.1, 0.15) is 0 Å². The second kappa shape index (κ2) is 7.65. The molecule has 0 aliphatic carbocycles. The summed E-state index contributed by atoms with van der Waals surface area (Å²) in [5, 5.41) is 3.84. The Kier molecular flexibility index (Phi) is 6.51. The van der Waals surface area contributed by atoms with Gasteiger partial charge in [-0.2, -0.15) is 0 Å². The van der Waals surface area contributed by atoms with Crippen LogP contribution in [0.15, 0.2) is 18.2 Å². The van der Waals surface area contributed by atoms with Crippen LogP contribution in [0.1, 0.15) is 39.5 Å². The number of nitrogens with one attached hydrogen (secondary N) is 1. The fraction of sp³-hybridized carbons (Fsp3) is 0.500. The molecule has 0 heterocycles. The molecule has 0 saturated carbocycles. The summed E-state index contributed by atoms with van der Waals surface area (Å²) in [5.41, 5.74) is 0.698. The van der Waals surface area contributed by atoms with Crippen LogP contribution in [0.4, 0.5) is 5.69 Å². The van der Waals surface area contributed by atoms with Crippen LogP contribution in [0.25, 0.3) is 0 Å². The van der Waals surface area contributed by atoms with Gasteiger partial charge in [0.15, 0.2) is 0 Å². The van der Waals surface area contributed by atoms with E-state index in [4.69, 9.17) is 23.2 Å². The summed E-state index contributed by atoms with van der Waals surface area (Å²) in [6.07, 6.45) is 3.97. The number of hydrogen-bond acceptors (Lipinski definition) is 1. The number of amides is 1. The van der Waals surface area contributed by atoms with Crippen LogP contribution in [-0.2, 0) is 4.79 Å². The Morgan fingerprint density at radius 1 is 1.28 bits per heavy atom. The first-order valence-electron chi connectivity index (χ1n) is 6.34. The van der Waals surface area contributed by atoms with Crippen LogP contribution in [0.2, 0.25) is 10.0 Å². The molecule has 1 atom stereocenters. The SMILES string of the molecule is CCCC[C@H](CC)C(=O)Nc1ccc(Cl)c(Cl)c1. The van der Waals surface area contributed by atoms with Crippen LogP contribution in [0.3, 0.4) is 0 Å². The molecule has 0 aliphatic rings. The van der Waals surface area contributed by atoms with Gasteiger partial charge < -0.3 is 5.32 Å². The first-order chi connectivity index (χ1) is 8.58. The topological polar surface area (TPSA) is 29.1 Å². The van der Waals surface area contributed by atoms with E-state index in [9.17, 15) is 4.79 Å². The fourth-order valence-corrected chi connectivity index (χ4v) is 2.09. The van der Waals surface area contributed by atoms with E-state index in [0.717, 1.165) is 25.7 Å². The lowest BCUT2D eigenvalue weighted by atomic mass is 9.98. The van der Waals surface area contributed by atoms with Gasteiger partial charge in [-0.25, -0.2) is 0 Å². The van der Waals surface area contributed by atoms with Crippen LogP contribution in [0, 0.1) is 5.92 Å². The van der Waals surface area contributed by atoms with Crippen molar-refractivity contribution in [3.8, 4) is 0 Å². The standard InChI is InChI=1S/C14H19Cl2NO/c1-3-5-6-10(4-2)14(18)17-11-7-8-12(15)13(16)9-11/h7-10H,3-6H2,1-2H3,(H,17,18)/t10-/m0/s1. The Bertz CT molecular complexity index is 407. The van der Waals surface area contributed by atoms with Crippen LogP contribution in [-0.4, -0.2) is 5.91 Å². The Morgan fingerprint density at radius 2 is 2.00 bits per heavy atom. The largest absolute Gasteiger partial charge is 0.326 e. The third kappa shape index (κ3) is 4.51. The number of anilines is 1. The Labute approximate surface area is 119 Å². The number of unbranched alkanes of at least 4 members (excludes halogenated alkanes) is 1. The van der Waals surface area contributed by atoms with Gasteiger partial charge >= 0.3 is 0 Å². The third-order valence-corrected chi connectivity index (χ3v) is 3.70. The highest BCUT2D eigenvalue weighted by molar-refractivity contribution is 6.42. The number of halogens is 2. The Balaban J connectivity index is 2.64. The monoisotopic (exact) mass is 287 g/mol. The maximum atomic E-state index is 12.1. The van der Waals surface area contributed by atoms with E-state index >= 15 is 0 Å². The minimum Gasteiger partial charge on any atom is -0.326 e. The molecule has 0 fully saturated rings. The van der Waals surface area contributed by atoms with Gasteiger partial charge in [-0.3, -0.25) is 4.79 Å². The summed E-state index contributed by atoms with van der Waals surface area (Å²) in [7, 11) is 0. The molecule has 1 aromatic rings. The third-order valence-electron chi connectivity index (χ3n) is 2.96. The fourth-order valence-electron chi connectivity index (χ4n) is 1.79. The average molecular weight is 288 g/mol. The van der Waals surface area contributed by atoms with Crippen molar-refractivity contribution in [1.82, 2.24) is 0 Å². The highest BCUT2D eigenvalue weighted by atomic mass is 35.5. The molecule has 0 aromatic heterocycles. The minimum absolute atomic E-state index is 0.0596. The molecule has 1 N–H and O–H groups in total. The maximum absolute atomic E-state index is 12.1. The zero-order chi connectivity index (χ0) is 13.5. The second-order valence-corrected chi connectivity index (χ2v) is 5.18. The average Bonchev–Trinajstić information content (AvgIpc) is 2.35. The summed E-state index contributed by atoms with van der Waals surface area (Å²) in [4.78, 5) is 12.1. The molecule has 1 rings (SSSR count). The molecule has 0 radical (unpaired) electrons. The van der Waals surface area contributed by atoms with Crippen molar-refractivity contribution in [2.45, 2.75) is 39.5 Å². The predicted molar refractivity (Wildman–Crippen MR) is 78.4 cm³/mol. The van der Waals surface area contributed by atoms with E-state index in [2.05, 4.69) is 12.2 Å². The summed E-state index contributed by atoms with van der Waals surface area (Å²) < 4.78 is 0. The number of hydrogen-bond donors (Lipinski definition) is 1. The molecule has 1 aromatic carbocycles. The number of benzene rings is 1. The lowest BCUT2D eigenvalue weighted by Crippen LogP contribution is -2.22. The quantitative estimate of drug-likeness (QED) is 0.770. The van der Waals surface area contributed by atoms with E-state index in [1.165, 1.54) is 0 Å². The van der Waals surface area contributed by atoms with Crippen molar-refractivity contribution < 1.29 is 4.79 Å². The molecule has 1 amide bonds. The van der Waals surface area contributed by atoms with E-state index in [1.807, 2.05) is 6.92 Å². The summed E-state index contributed by atoms with van der Waals surface area (Å²) in [6, 6.07) is 5.12.